The van der Waals surface area contributed by atoms with E-state index in [-0.39, 0.29) is 18.1 Å². The molecule has 2 nitrogen and oxygen atoms in total. The van der Waals surface area contributed by atoms with Gasteiger partial charge in [0.25, 0.3) is 0 Å². The Kier molecular flexibility index (Phi) is 4.89. The van der Waals surface area contributed by atoms with Crippen LogP contribution in [0.25, 0.3) is 0 Å². The first kappa shape index (κ1) is 14.7. The second kappa shape index (κ2) is 6.65. The molecule has 20 heavy (non-hydrogen) atoms. The van der Waals surface area contributed by atoms with Crippen LogP contribution in [0.5, 0.6) is 5.75 Å². The van der Waals surface area contributed by atoms with Crippen molar-refractivity contribution in [2.75, 3.05) is 5.32 Å². The van der Waals surface area contributed by atoms with Crippen LogP contribution in [0.2, 0.25) is 0 Å². The predicted octanol–water partition coefficient (Wildman–Crippen LogP) is 4.80. The van der Waals surface area contributed by atoms with Crippen LogP contribution in [0.3, 0.4) is 0 Å². The number of anilines is 1. The number of hydrogen-bond donors (Lipinski definition) is 1. The van der Waals surface area contributed by atoms with Gasteiger partial charge in [-0.05, 0) is 40.2 Å². The van der Waals surface area contributed by atoms with Gasteiger partial charge in [0.2, 0.25) is 0 Å². The molecule has 0 aliphatic carbocycles. The van der Waals surface area contributed by atoms with Gasteiger partial charge in [-0.25, -0.2) is 4.39 Å². The largest absolute Gasteiger partial charge is 0.434 e. The first-order chi connectivity index (χ1) is 9.56. The van der Waals surface area contributed by atoms with Crippen molar-refractivity contribution in [3.05, 3.63) is 58.3 Å². The average molecular weight is 346 g/mol. The van der Waals surface area contributed by atoms with Crippen LogP contribution in [-0.2, 0) is 6.54 Å². The fourth-order valence-corrected chi connectivity index (χ4v) is 2.07. The van der Waals surface area contributed by atoms with Gasteiger partial charge in [-0.3, -0.25) is 0 Å². The maximum atomic E-state index is 13.1. The van der Waals surface area contributed by atoms with Gasteiger partial charge in [0, 0.05) is 16.6 Å². The molecule has 106 valence electrons. The van der Waals surface area contributed by atoms with E-state index in [1.807, 2.05) is 0 Å². The summed E-state index contributed by atoms with van der Waals surface area (Å²) in [5.41, 5.74) is 1.10. The normalized spacial score (nSPS) is 10.7. The van der Waals surface area contributed by atoms with Gasteiger partial charge in [-0.1, -0.05) is 18.2 Å². The summed E-state index contributed by atoms with van der Waals surface area (Å²) in [7, 11) is 0. The lowest BCUT2D eigenvalue weighted by atomic mass is 10.2. The second-order valence-electron chi connectivity index (χ2n) is 3.96. The van der Waals surface area contributed by atoms with E-state index in [0.29, 0.717) is 15.7 Å². The molecule has 0 fully saturated rings. The van der Waals surface area contributed by atoms with Crippen LogP contribution < -0.4 is 10.1 Å². The van der Waals surface area contributed by atoms with Crippen LogP contribution in [0.1, 0.15) is 5.56 Å². The molecule has 0 amide bonds. The van der Waals surface area contributed by atoms with Crippen molar-refractivity contribution in [3.8, 4) is 5.75 Å². The van der Waals surface area contributed by atoms with E-state index in [1.165, 1.54) is 18.2 Å². The molecule has 0 spiro atoms. The number of ether oxygens (including phenoxy) is 1. The second-order valence-corrected chi connectivity index (χ2v) is 4.82. The zero-order valence-corrected chi connectivity index (χ0v) is 11.8. The van der Waals surface area contributed by atoms with Gasteiger partial charge in [0.05, 0.1) is 5.69 Å². The summed E-state index contributed by atoms with van der Waals surface area (Å²) in [6.45, 7) is -2.64. The Morgan fingerprint density at radius 2 is 1.90 bits per heavy atom. The summed E-state index contributed by atoms with van der Waals surface area (Å²) in [5.74, 6) is -0.282. The van der Waals surface area contributed by atoms with E-state index in [9.17, 15) is 13.2 Å². The molecule has 6 heteroatoms. The summed E-state index contributed by atoms with van der Waals surface area (Å²) in [5, 5.41) is 2.97. The average Bonchev–Trinajstić information content (AvgIpc) is 2.41. The maximum absolute atomic E-state index is 13.1. The molecule has 0 aromatic heterocycles. The molecule has 2 rings (SSSR count). The molecule has 2 aromatic rings. The molecule has 0 heterocycles. The number of nitrogens with one attached hydrogen (secondary N) is 1. The van der Waals surface area contributed by atoms with Crippen molar-refractivity contribution in [1.29, 1.82) is 0 Å². The fraction of sp³-hybridized carbons (Fsp3) is 0.143. The number of hydrogen-bond acceptors (Lipinski definition) is 2. The van der Waals surface area contributed by atoms with Crippen molar-refractivity contribution in [2.24, 2.45) is 0 Å². The summed E-state index contributed by atoms with van der Waals surface area (Å²) >= 11 is 3.28. The van der Waals surface area contributed by atoms with E-state index < -0.39 is 6.61 Å². The van der Waals surface area contributed by atoms with Crippen LogP contribution in [0.4, 0.5) is 18.9 Å². The summed E-state index contributed by atoms with van der Waals surface area (Å²) < 4.78 is 42.8. The molecule has 0 radical (unpaired) electrons. The fourth-order valence-electron chi connectivity index (χ4n) is 1.68. The van der Waals surface area contributed by atoms with E-state index in [4.69, 9.17) is 0 Å². The molecule has 0 bridgehead atoms. The summed E-state index contributed by atoms with van der Waals surface area (Å²) in [6, 6.07) is 10.7. The third-order valence-corrected chi connectivity index (χ3v) is 3.28. The van der Waals surface area contributed by atoms with Gasteiger partial charge in [0.1, 0.15) is 11.6 Å². The van der Waals surface area contributed by atoms with E-state index in [1.54, 1.807) is 24.3 Å². The van der Waals surface area contributed by atoms with Gasteiger partial charge < -0.3 is 10.1 Å². The minimum Gasteiger partial charge on any atom is -0.434 e. The first-order valence-electron chi connectivity index (χ1n) is 5.78. The molecule has 0 unspecified atom stereocenters. The highest BCUT2D eigenvalue weighted by Gasteiger charge is 2.09. The molecule has 1 N–H and O–H groups in total. The first-order valence-corrected chi connectivity index (χ1v) is 6.57. The predicted molar refractivity (Wildman–Crippen MR) is 74.5 cm³/mol. The van der Waals surface area contributed by atoms with E-state index in [2.05, 4.69) is 26.0 Å². The molecule has 0 saturated carbocycles. The standard InChI is InChI=1S/C14H11BrF3NO/c15-11-6-5-10(16)7-12(11)19-8-9-3-1-2-4-13(9)20-14(17)18/h1-7,14,19H,8H2. The molecule has 0 atom stereocenters. The Hall–Kier alpha value is -1.69. The van der Waals surface area contributed by atoms with E-state index in [0.717, 1.165) is 0 Å². The van der Waals surface area contributed by atoms with Crippen molar-refractivity contribution in [2.45, 2.75) is 13.2 Å². The Bertz CT molecular complexity index is 592. The van der Waals surface area contributed by atoms with E-state index >= 15 is 0 Å². The minimum absolute atomic E-state index is 0.0996. The number of alkyl halides is 2. The van der Waals surface area contributed by atoms with Gasteiger partial charge >= 0.3 is 6.61 Å². The highest BCUT2D eigenvalue weighted by molar-refractivity contribution is 9.10. The SMILES string of the molecule is Fc1ccc(Br)c(NCc2ccccc2OC(F)F)c1. The lowest BCUT2D eigenvalue weighted by molar-refractivity contribution is -0.0504. The number of rotatable bonds is 5. The lowest BCUT2D eigenvalue weighted by Gasteiger charge is -2.13. The molecule has 2 aromatic carbocycles. The van der Waals surface area contributed by atoms with Gasteiger partial charge in [-0.2, -0.15) is 8.78 Å². The van der Waals surface area contributed by atoms with Crippen molar-refractivity contribution in [3.63, 3.8) is 0 Å². The molecule has 0 saturated heterocycles. The summed E-state index contributed by atoms with van der Waals surface area (Å²) in [6.07, 6.45) is 0. The van der Waals surface area contributed by atoms with Crippen LogP contribution in [0.15, 0.2) is 46.9 Å². The molecular weight excluding hydrogens is 335 g/mol. The Balaban J connectivity index is 2.12. The van der Waals surface area contributed by atoms with Gasteiger partial charge in [0.15, 0.2) is 0 Å². The van der Waals surface area contributed by atoms with Crippen molar-refractivity contribution < 1.29 is 17.9 Å². The Morgan fingerprint density at radius 1 is 1.15 bits per heavy atom. The molecular formula is C14H11BrF3NO. The highest BCUT2D eigenvalue weighted by Crippen LogP contribution is 2.26. The third kappa shape index (κ3) is 3.90. The van der Waals surface area contributed by atoms with Gasteiger partial charge in [-0.15, -0.1) is 0 Å². The number of para-hydroxylation sites is 1. The van der Waals surface area contributed by atoms with Crippen LogP contribution in [-0.4, -0.2) is 6.61 Å². The van der Waals surface area contributed by atoms with Crippen LogP contribution in [0, 0.1) is 5.82 Å². The number of halogens is 4. The Morgan fingerprint density at radius 3 is 2.65 bits per heavy atom. The lowest BCUT2D eigenvalue weighted by Crippen LogP contribution is -2.07. The summed E-state index contributed by atoms with van der Waals surface area (Å²) in [4.78, 5) is 0. The zero-order chi connectivity index (χ0) is 14.5. The molecule has 0 aliphatic heterocycles. The highest BCUT2D eigenvalue weighted by atomic mass is 79.9. The zero-order valence-electron chi connectivity index (χ0n) is 10.2. The van der Waals surface area contributed by atoms with Crippen molar-refractivity contribution >= 4 is 21.6 Å². The minimum atomic E-state index is -2.88. The quantitative estimate of drug-likeness (QED) is 0.840. The topological polar surface area (TPSA) is 21.3 Å². The van der Waals surface area contributed by atoms with Crippen molar-refractivity contribution in [1.82, 2.24) is 0 Å². The number of benzene rings is 2. The monoisotopic (exact) mass is 345 g/mol. The maximum Gasteiger partial charge on any atom is 0.387 e. The smallest absolute Gasteiger partial charge is 0.387 e. The third-order valence-electron chi connectivity index (χ3n) is 2.59. The Labute approximate surface area is 122 Å². The molecule has 0 aliphatic rings. The van der Waals surface area contributed by atoms with Crippen LogP contribution >= 0.6 is 15.9 Å².